The van der Waals surface area contributed by atoms with E-state index in [0.717, 1.165) is 0 Å². The molecule has 6 nitrogen and oxygen atoms in total. The van der Waals surface area contributed by atoms with Gasteiger partial charge in [0.25, 0.3) is 0 Å². The lowest BCUT2D eigenvalue weighted by molar-refractivity contribution is -0.143. The lowest BCUT2D eigenvalue weighted by Gasteiger charge is -2.10. The van der Waals surface area contributed by atoms with Crippen molar-refractivity contribution in [3.8, 4) is 0 Å². The zero-order chi connectivity index (χ0) is 10.3. The van der Waals surface area contributed by atoms with Gasteiger partial charge in [0, 0.05) is 13.7 Å². The average molecular weight is 190 g/mol. The van der Waals surface area contributed by atoms with Gasteiger partial charge >= 0.3 is 5.97 Å². The number of carbonyl (C=O) groups is 2. The summed E-state index contributed by atoms with van der Waals surface area (Å²) in [7, 11) is 2.91. The Labute approximate surface area is 76.3 Å². The zero-order valence-electron chi connectivity index (χ0n) is 7.66. The molecule has 0 spiro atoms. The predicted octanol–water partition coefficient (Wildman–Crippen LogP) is -1.58. The molecule has 3 N–H and O–H groups in total. The number of carboxylic acids is 1. The highest BCUT2D eigenvalue weighted by molar-refractivity contribution is 6.01. The molecule has 0 aliphatic carbocycles. The third-order valence-electron chi connectivity index (χ3n) is 1.40. The second-order valence-corrected chi connectivity index (χ2v) is 2.34. The number of carbonyl (C=O) groups excluding carboxylic acids is 1. The third-order valence-corrected chi connectivity index (χ3v) is 1.40. The van der Waals surface area contributed by atoms with Crippen molar-refractivity contribution in [2.24, 2.45) is 0 Å². The van der Waals surface area contributed by atoms with Crippen LogP contribution in [0.1, 0.15) is 0 Å². The topological polar surface area (TPSA) is 87.7 Å². The van der Waals surface area contributed by atoms with Crippen molar-refractivity contribution in [2.45, 2.75) is 6.04 Å². The minimum Gasteiger partial charge on any atom is -0.480 e. The Morgan fingerprint density at radius 3 is 2.54 bits per heavy atom. The van der Waals surface area contributed by atoms with Crippen LogP contribution in [0, 0.1) is 0 Å². The molecule has 0 aliphatic rings. The van der Waals surface area contributed by atoms with Crippen LogP contribution in [0.2, 0.25) is 0 Å². The fraction of sp³-hybridized carbons (Fsp3) is 0.714. The van der Waals surface area contributed by atoms with Crippen LogP contribution in [0.4, 0.5) is 0 Å². The molecule has 0 radical (unpaired) electrons. The lowest BCUT2D eigenvalue weighted by atomic mass is 10.3. The van der Waals surface area contributed by atoms with Crippen molar-refractivity contribution in [3.63, 3.8) is 0 Å². The van der Waals surface area contributed by atoms with Gasteiger partial charge in [-0.05, 0) is 7.05 Å². The lowest BCUT2D eigenvalue weighted by Crippen LogP contribution is -2.48. The van der Waals surface area contributed by atoms with Crippen molar-refractivity contribution in [2.75, 3.05) is 27.3 Å². The van der Waals surface area contributed by atoms with E-state index in [2.05, 4.69) is 15.4 Å². The summed E-state index contributed by atoms with van der Waals surface area (Å²) in [6.07, 6.45) is 0. The summed E-state index contributed by atoms with van der Waals surface area (Å²) in [4.78, 5) is 21.5. The molecule has 0 heterocycles. The van der Waals surface area contributed by atoms with Crippen LogP contribution in [-0.4, -0.2) is 50.3 Å². The third kappa shape index (κ3) is 4.44. The molecule has 1 atom stereocenters. The van der Waals surface area contributed by atoms with Crippen molar-refractivity contribution < 1.29 is 19.4 Å². The second kappa shape index (κ2) is 6.38. The minimum absolute atomic E-state index is 0.306. The Morgan fingerprint density at radius 2 is 2.15 bits per heavy atom. The van der Waals surface area contributed by atoms with E-state index >= 15 is 0 Å². The fourth-order valence-corrected chi connectivity index (χ4v) is 0.745. The van der Waals surface area contributed by atoms with Crippen LogP contribution in [0.3, 0.4) is 0 Å². The molecule has 0 fully saturated rings. The van der Waals surface area contributed by atoms with Crippen molar-refractivity contribution in [3.05, 3.63) is 0 Å². The van der Waals surface area contributed by atoms with E-state index in [1.165, 1.54) is 14.2 Å². The Hall–Kier alpha value is -1.14. The molecule has 0 bridgehead atoms. The summed E-state index contributed by atoms with van der Waals surface area (Å²) in [5.74, 6) is -1.76. The summed E-state index contributed by atoms with van der Waals surface area (Å²) in [5, 5.41) is 13.3. The largest absolute Gasteiger partial charge is 0.480 e. The maximum atomic E-state index is 11.1. The molecule has 1 amide bonds. The van der Waals surface area contributed by atoms with Crippen LogP contribution < -0.4 is 10.6 Å². The van der Waals surface area contributed by atoms with Gasteiger partial charge in [-0.2, -0.15) is 0 Å². The van der Waals surface area contributed by atoms with E-state index in [9.17, 15) is 9.59 Å². The Morgan fingerprint density at radius 1 is 1.54 bits per heavy atom. The summed E-state index contributed by atoms with van der Waals surface area (Å²) in [6, 6.07) is -1.20. The Balaban J connectivity index is 3.85. The summed E-state index contributed by atoms with van der Waals surface area (Å²) in [6.45, 7) is 0.669. The molecule has 0 saturated carbocycles. The zero-order valence-corrected chi connectivity index (χ0v) is 7.66. The van der Waals surface area contributed by atoms with Crippen molar-refractivity contribution >= 4 is 11.9 Å². The van der Waals surface area contributed by atoms with Gasteiger partial charge < -0.3 is 15.2 Å². The van der Waals surface area contributed by atoms with E-state index < -0.39 is 17.9 Å². The van der Waals surface area contributed by atoms with Crippen LogP contribution in [0.15, 0.2) is 0 Å². The van der Waals surface area contributed by atoms with Crippen LogP contribution >= 0.6 is 0 Å². The highest BCUT2D eigenvalue weighted by Gasteiger charge is 2.23. The first-order valence-electron chi connectivity index (χ1n) is 3.80. The maximum Gasteiger partial charge on any atom is 0.330 e. The highest BCUT2D eigenvalue weighted by atomic mass is 16.5. The van der Waals surface area contributed by atoms with E-state index in [4.69, 9.17) is 5.11 Å². The van der Waals surface area contributed by atoms with Crippen LogP contribution in [-0.2, 0) is 14.3 Å². The summed E-state index contributed by atoms with van der Waals surface area (Å²) < 4.78 is 4.68. The molecular formula is C7H14N2O4. The molecule has 0 aromatic carbocycles. The summed E-state index contributed by atoms with van der Waals surface area (Å²) in [5.41, 5.74) is 0. The second-order valence-electron chi connectivity index (χ2n) is 2.34. The molecule has 0 aromatic heterocycles. The first-order valence-corrected chi connectivity index (χ1v) is 3.80. The van der Waals surface area contributed by atoms with Crippen molar-refractivity contribution in [1.29, 1.82) is 0 Å². The van der Waals surface area contributed by atoms with Gasteiger partial charge in [-0.15, -0.1) is 0 Å². The average Bonchev–Trinajstić information content (AvgIpc) is 2.05. The van der Waals surface area contributed by atoms with Gasteiger partial charge in [0.1, 0.15) is 0 Å². The number of hydrogen-bond acceptors (Lipinski definition) is 4. The minimum atomic E-state index is -1.20. The van der Waals surface area contributed by atoms with Gasteiger partial charge in [0.05, 0.1) is 6.61 Å². The van der Waals surface area contributed by atoms with Gasteiger partial charge in [0.15, 0.2) is 6.04 Å². The number of rotatable bonds is 6. The van der Waals surface area contributed by atoms with Gasteiger partial charge in [-0.3, -0.25) is 10.1 Å². The molecule has 0 aliphatic heterocycles. The highest BCUT2D eigenvalue weighted by Crippen LogP contribution is 1.82. The monoisotopic (exact) mass is 190 g/mol. The number of carboxylic acid groups (broad SMARTS) is 1. The molecule has 0 rings (SSSR count). The Kier molecular flexibility index (Phi) is 5.82. The van der Waals surface area contributed by atoms with Crippen LogP contribution in [0.5, 0.6) is 0 Å². The van der Waals surface area contributed by atoms with E-state index in [-0.39, 0.29) is 0 Å². The number of nitrogens with one attached hydrogen (secondary N) is 2. The first-order chi connectivity index (χ1) is 6.13. The van der Waals surface area contributed by atoms with Gasteiger partial charge in [-0.1, -0.05) is 0 Å². The number of ether oxygens (including phenoxy) is 1. The number of aliphatic carboxylic acids is 1. The SMILES string of the molecule is CNC(C(=O)O)C(=O)NCCOC. The molecule has 6 heteroatoms. The van der Waals surface area contributed by atoms with Gasteiger partial charge in [0.2, 0.25) is 5.91 Å². The number of methoxy groups -OCH3 is 1. The molecular weight excluding hydrogens is 176 g/mol. The van der Waals surface area contributed by atoms with Crippen LogP contribution in [0.25, 0.3) is 0 Å². The molecule has 0 aromatic rings. The summed E-state index contributed by atoms with van der Waals surface area (Å²) >= 11 is 0. The molecule has 13 heavy (non-hydrogen) atoms. The van der Waals surface area contributed by atoms with E-state index in [1.54, 1.807) is 0 Å². The number of hydrogen-bond donors (Lipinski definition) is 3. The standard InChI is InChI=1S/C7H14N2O4/c1-8-5(7(11)12)6(10)9-3-4-13-2/h5,8H,3-4H2,1-2H3,(H,9,10)(H,11,12). The maximum absolute atomic E-state index is 11.1. The molecule has 0 saturated heterocycles. The quantitative estimate of drug-likeness (QED) is 0.347. The van der Waals surface area contributed by atoms with Gasteiger partial charge in [-0.25, -0.2) is 4.79 Å². The Bertz CT molecular complexity index is 183. The number of amides is 1. The smallest absolute Gasteiger partial charge is 0.330 e. The number of likely N-dealkylation sites (N-methyl/N-ethyl adjacent to an activating group) is 1. The predicted molar refractivity (Wildman–Crippen MR) is 45.4 cm³/mol. The normalized spacial score (nSPS) is 12.2. The van der Waals surface area contributed by atoms with Crippen molar-refractivity contribution in [1.82, 2.24) is 10.6 Å². The van der Waals surface area contributed by atoms with E-state index in [1.807, 2.05) is 0 Å². The fourth-order valence-electron chi connectivity index (χ4n) is 0.745. The van der Waals surface area contributed by atoms with E-state index in [0.29, 0.717) is 13.2 Å². The molecule has 76 valence electrons. The molecule has 1 unspecified atom stereocenters. The first kappa shape index (κ1) is 11.9.